The lowest BCUT2D eigenvalue weighted by atomic mass is 10.1. The Kier molecular flexibility index (Phi) is 4.35. The lowest BCUT2D eigenvalue weighted by Crippen LogP contribution is -2.03. The Bertz CT molecular complexity index is 590. The van der Waals surface area contributed by atoms with Crippen LogP contribution < -0.4 is 10.5 Å². The highest BCUT2D eigenvalue weighted by atomic mass is 35.5. The van der Waals surface area contributed by atoms with Crippen LogP contribution in [-0.4, -0.2) is 6.54 Å². The molecule has 0 aliphatic carbocycles. The van der Waals surface area contributed by atoms with E-state index in [9.17, 15) is 8.78 Å². The second-order valence-corrected chi connectivity index (χ2v) is 4.42. The minimum atomic E-state index is -0.458. The lowest BCUT2D eigenvalue weighted by molar-refractivity contribution is 0.474. The first-order valence-corrected chi connectivity index (χ1v) is 6.09. The second-order valence-electron chi connectivity index (χ2n) is 4.01. The largest absolute Gasteiger partial charge is 0.456 e. The van der Waals surface area contributed by atoms with Crippen molar-refractivity contribution in [2.24, 2.45) is 5.73 Å². The van der Waals surface area contributed by atoms with E-state index in [0.717, 1.165) is 11.6 Å². The maximum atomic E-state index is 13.4. The van der Waals surface area contributed by atoms with Gasteiger partial charge in [-0.3, -0.25) is 0 Å². The van der Waals surface area contributed by atoms with Crippen LogP contribution in [0.3, 0.4) is 0 Å². The Hall–Kier alpha value is -1.65. The average molecular weight is 284 g/mol. The first kappa shape index (κ1) is 13.8. The molecule has 0 aliphatic rings. The zero-order valence-electron chi connectivity index (χ0n) is 10.00. The Balaban J connectivity index is 2.27. The van der Waals surface area contributed by atoms with Crippen molar-refractivity contribution < 1.29 is 13.5 Å². The summed E-state index contributed by atoms with van der Waals surface area (Å²) in [6.07, 6.45) is 0.547. The van der Waals surface area contributed by atoms with Gasteiger partial charge < -0.3 is 10.5 Å². The van der Waals surface area contributed by atoms with E-state index < -0.39 is 11.6 Å². The van der Waals surface area contributed by atoms with E-state index in [4.69, 9.17) is 22.1 Å². The number of ether oxygens (including phenoxy) is 1. The Labute approximate surface area is 114 Å². The number of hydrogen-bond donors (Lipinski definition) is 1. The van der Waals surface area contributed by atoms with Gasteiger partial charge in [0.25, 0.3) is 0 Å². The van der Waals surface area contributed by atoms with Gasteiger partial charge in [0.15, 0.2) is 0 Å². The Morgan fingerprint density at radius 3 is 2.53 bits per heavy atom. The quantitative estimate of drug-likeness (QED) is 0.923. The molecule has 0 unspecified atom stereocenters. The van der Waals surface area contributed by atoms with Gasteiger partial charge in [0, 0.05) is 6.07 Å². The predicted molar refractivity (Wildman–Crippen MR) is 70.6 cm³/mol. The first-order chi connectivity index (χ1) is 9.08. The molecule has 2 rings (SSSR count). The maximum Gasteiger partial charge on any atom is 0.146 e. The van der Waals surface area contributed by atoms with Crippen molar-refractivity contribution in [1.29, 1.82) is 0 Å². The average Bonchev–Trinajstić information content (AvgIpc) is 2.32. The minimum absolute atomic E-state index is 0.129. The van der Waals surface area contributed by atoms with Crippen LogP contribution >= 0.6 is 11.6 Å². The van der Waals surface area contributed by atoms with Gasteiger partial charge in [-0.1, -0.05) is 11.6 Å². The number of rotatable bonds is 4. The Morgan fingerprint density at radius 2 is 1.84 bits per heavy atom. The van der Waals surface area contributed by atoms with Gasteiger partial charge in [0.2, 0.25) is 0 Å². The fourth-order valence-corrected chi connectivity index (χ4v) is 1.88. The molecule has 0 bridgehead atoms. The predicted octanol–water partition coefficient (Wildman–Crippen LogP) is 3.91. The summed E-state index contributed by atoms with van der Waals surface area (Å²) in [4.78, 5) is 0. The summed E-state index contributed by atoms with van der Waals surface area (Å²) in [5.74, 6) is -0.302. The van der Waals surface area contributed by atoms with Gasteiger partial charge in [-0.05, 0) is 48.9 Å². The van der Waals surface area contributed by atoms with Gasteiger partial charge in [0.1, 0.15) is 23.1 Å². The van der Waals surface area contributed by atoms with Crippen LogP contribution in [-0.2, 0) is 6.42 Å². The van der Waals surface area contributed by atoms with E-state index in [0.29, 0.717) is 18.7 Å². The molecule has 2 aromatic carbocycles. The van der Waals surface area contributed by atoms with E-state index in [1.807, 2.05) is 0 Å². The zero-order chi connectivity index (χ0) is 13.8. The Morgan fingerprint density at radius 1 is 1.05 bits per heavy atom. The van der Waals surface area contributed by atoms with Gasteiger partial charge in [-0.15, -0.1) is 0 Å². The molecule has 2 aromatic rings. The monoisotopic (exact) mass is 283 g/mol. The van der Waals surface area contributed by atoms with Crippen molar-refractivity contribution in [3.05, 3.63) is 58.6 Å². The fraction of sp³-hybridized carbons (Fsp3) is 0.143. The second kappa shape index (κ2) is 5.99. The van der Waals surface area contributed by atoms with Crippen molar-refractivity contribution in [3.63, 3.8) is 0 Å². The molecular formula is C14H12ClF2NO. The number of nitrogens with two attached hydrogens (primary N) is 1. The highest BCUT2D eigenvalue weighted by Crippen LogP contribution is 2.30. The van der Waals surface area contributed by atoms with Crippen LogP contribution in [0.15, 0.2) is 36.4 Å². The molecule has 0 amide bonds. The number of benzene rings is 2. The van der Waals surface area contributed by atoms with Crippen LogP contribution in [0.25, 0.3) is 0 Å². The highest BCUT2D eigenvalue weighted by Gasteiger charge is 2.07. The van der Waals surface area contributed by atoms with Crippen LogP contribution in [0.5, 0.6) is 11.5 Å². The van der Waals surface area contributed by atoms with E-state index in [1.54, 1.807) is 6.07 Å². The number of halogens is 3. The third kappa shape index (κ3) is 3.66. The smallest absolute Gasteiger partial charge is 0.146 e. The van der Waals surface area contributed by atoms with Crippen LogP contribution in [0, 0.1) is 11.6 Å². The third-order valence-electron chi connectivity index (χ3n) is 2.49. The molecule has 0 spiro atoms. The summed E-state index contributed by atoms with van der Waals surface area (Å²) >= 11 is 5.84. The molecule has 0 fully saturated rings. The van der Waals surface area contributed by atoms with Crippen molar-refractivity contribution in [2.75, 3.05) is 6.54 Å². The van der Waals surface area contributed by atoms with Crippen LogP contribution in [0.4, 0.5) is 8.78 Å². The van der Waals surface area contributed by atoms with Crippen LogP contribution in [0.2, 0.25) is 5.02 Å². The fourth-order valence-electron chi connectivity index (χ4n) is 1.68. The highest BCUT2D eigenvalue weighted by molar-refractivity contribution is 6.32. The summed E-state index contributed by atoms with van der Waals surface area (Å²) in [6.45, 7) is 0.417. The van der Waals surface area contributed by atoms with Crippen LogP contribution in [0.1, 0.15) is 5.56 Å². The summed E-state index contributed by atoms with van der Waals surface area (Å²) in [5, 5.41) is 0.129. The molecule has 0 saturated carbocycles. The maximum absolute atomic E-state index is 13.4. The standard InChI is InChI=1S/C14H12ClF2NO/c15-13-8-10(16)1-2-14(13)19-12-6-9(3-4-18)5-11(17)7-12/h1-2,5-8H,3-4,18H2. The molecule has 5 heteroatoms. The van der Waals surface area contributed by atoms with Gasteiger partial charge >= 0.3 is 0 Å². The molecule has 0 aliphatic heterocycles. The first-order valence-electron chi connectivity index (χ1n) is 5.71. The van der Waals surface area contributed by atoms with Crippen molar-refractivity contribution in [2.45, 2.75) is 6.42 Å². The molecule has 0 aromatic heterocycles. The van der Waals surface area contributed by atoms with Gasteiger partial charge in [0.05, 0.1) is 5.02 Å². The van der Waals surface area contributed by atoms with Crippen molar-refractivity contribution >= 4 is 11.6 Å². The minimum Gasteiger partial charge on any atom is -0.456 e. The number of hydrogen-bond acceptors (Lipinski definition) is 2. The summed E-state index contributed by atoms with van der Waals surface area (Å²) in [5.41, 5.74) is 6.16. The molecule has 19 heavy (non-hydrogen) atoms. The van der Waals surface area contributed by atoms with E-state index in [-0.39, 0.29) is 10.8 Å². The summed E-state index contributed by atoms with van der Waals surface area (Å²) in [6, 6.07) is 8.06. The lowest BCUT2D eigenvalue weighted by Gasteiger charge is -2.09. The summed E-state index contributed by atoms with van der Waals surface area (Å²) < 4.78 is 31.8. The zero-order valence-corrected chi connectivity index (χ0v) is 10.8. The molecule has 0 saturated heterocycles. The van der Waals surface area contributed by atoms with E-state index in [2.05, 4.69) is 0 Å². The molecular weight excluding hydrogens is 272 g/mol. The van der Waals surface area contributed by atoms with E-state index >= 15 is 0 Å². The molecule has 0 heterocycles. The topological polar surface area (TPSA) is 35.2 Å². The van der Waals surface area contributed by atoms with Crippen molar-refractivity contribution in [1.82, 2.24) is 0 Å². The molecule has 2 N–H and O–H groups in total. The molecule has 2 nitrogen and oxygen atoms in total. The molecule has 0 atom stereocenters. The van der Waals surface area contributed by atoms with Gasteiger partial charge in [-0.25, -0.2) is 8.78 Å². The SMILES string of the molecule is NCCc1cc(F)cc(Oc2ccc(F)cc2Cl)c1. The molecule has 0 radical (unpaired) electrons. The van der Waals surface area contributed by atoms with Gasteiger partial charge in [-0.2, -0.15) is 0 Å². The van der Waals surface area contributed by atoms with E-state index in [1.165, 1.54) is 24.3 Å². The summed E-state index contributed by atoms with van der Waals surface area (Å²) in [7, 11) is 0. The third-order valence-corrected chi connectivity index (χ3v) is 2.78. The molecule has 100 valence electrons. The van der Waals surface area contributed by atoms with Crippen molar-refractivity contribution in [3.8, 4) is 11.5 Å². The normalized spacial score (nSPS) is 10.5.